The normalized spacial score (nSPS) is 21.5. The number of carbonyl (C=O) groups excluding carboxylic acids is 2. The molecule has 3 rings (SSSR count). The molecule has 1 aromatic carbocycles. The molecular weight excluding hydrogens is 394 g/mol. The molecule has 1 heterocycles. The van der Waals surface area contributed by atoms with Gasteiger partial charge in [-0.25, -0.2) is 13.1 Å². The van der Waals surface area contributed by atoms with Crippen molar-refractivity contribution in [3.63, 3.8) is 0 Å². The lowest BCUT2D eigenvalue weighted by molar-refractivity contribution is -0.129. The van der Waals surface area contributed by atoms with Crippen LogP contribution in [0.5, 0.6) is 0 Å². The summed E-state index contributed by atoms with van der Waals surface area (Å²) in [5.74, 6) is -0.529. The summed E-state index contributed by atoms with van der Waals surface area (Å²) in [6, 6.07) is 5.92. The highest BCUT2D eigenvalue weighted by atomic mass is 32.2. The first-order valence-electron chi connectivity index (χ1n) is 10.0. The lowest BCUT2D eigenvalue weighted by atomic mass is 10.1. The number of nitrogens with one attached hydrogen (secondary N) is 2. The Morgan fingerprint density at radius 3 is 2.52 bits per heavy atom. The molecule has 0 radical (unpaired) electrons. The van der Waals surface area contributed by atoms with E-state index in [1.54, 1.807) is 19.1 Å². The Balaban J connectivity index is 1.58. The van der Waals surface area contributed by atoms with E-state index in [4.69, 9.17) is 4.74 Å². The van der Waals surface area contributed by atoms with Gasteiger partial charge in [0, 0.05) is 37.8 Å². The molecule has 1 aliphatic heterocycles. The SMILES string of the molecule is COCC(C)NS(=O)(=O)c1ccc(NC(=O)C2CC(=O)N(C3CCCC3)C2)cc1. The first-order chi connectivity index (χ1) is 13.8. The number of hydrogen-bond donors (Lipinski definition) is 2. The summed E-state index contributed by atoms with van der Waals surface area (Å²) >= 11 is 0. The molecule has 1 aromatic rings. The molecule has 0 bridgehead atoms. The molecule has 2 N–H and O–H groups in total. The van der Waals surface area contributed by atoms with Crippen LogP contribution in [0.2, 0.25) is 0 Å². The largest absolute Gasteiger partial charge is 0.383 e. The summed E-state index contributed by atoms with van der Waals surface area (Å²) < 4.78 is 32.2. The van der Waals surface area contributed by atoms with Gasteiger partial charge in [-0.15, -0.1) is 0 Å². The minimum absolute atomic E-state index is 0.0507. The number of carbonyl (C=O) groups is 2. The average molecular weight is 424 g/mol. The Morgan fingerprint density at radius 1 is 1.24 bits per heavy atom. The fraction of sp³-hybridized carbons (Fsp3) is 0.600. The molecular formula is C20H29N3O5S. The third kappa shape index (κ3) is 5.34. The molecule has 9 heteroatoms. The number of ether oxygens (including phenoxy) is 1. The van der Waals surface area contributed by atoms with Crippen LogP contribution < -0.4 is 10.0 Å². The Bertz CT molecular complexity index is 834. The van der Waals surface area contributed by atoms with Crippen molar-refractivity contribution in [3.8, 4) is 0 Å². The van der Waals surface area contributed by atoms with E-state index in [0.29, 0.717) is 12.2 Å². The number of methoxy groups -OCH3 is 1. The zero-order valence-electron chi connectivity index (χ0n) is 16.9. The molecule has 160 valence electrons. The van der Waals surface area contributed by atoms with Crippen molar-refractivity contribution in [2.45, 2.75) is 56.0 Å². The maximum absolute atomic E-state index is 12.6. The predicted molar refractivity (Wildman–Crippen MR) is 109 cm³/mol. The van der Waals surface area contributed by atoms with Crippen LogP contribution >= 0.6 is 0 Å². The summed E-state index contributed by atoms with van der Waals surface area (Å²) in [6.07, 6.45) is 4.55. The van der Waals surface area contributed by atoms with Gasteiger partial charge in [0.05, 0.1) is 17.4 Å². The van der Waals surface area contributed by atoms with Gasteiger partial charge in [-0.1, -0.05) is 12.8 Å². The molecule has 0 aromatic heterocycles. The zero-order valence-corrected chi connectivity index (χ0v) is 17.7. The van der Waals surface area contributed by atoms with Crippen LogP contribution in [0.25, 0.3) is 0 Å². The van der Waals surface area contributed by atoms with E-state index < -0.39 is 10.0 Å². The second kappa shape index (κ2) is 9.23. The third-order valence-electron chi connectivity index (χ3n) is 5.50. The monoisotopic (exact) mass is 423 g/mol. The highest BCUT2D eigenvalue weighted by molar-refractivity contribution is 7.89. The van der Waals surface area contributed by atoms with E-state index in [1.165, 1.54) is 19.2 Å². The van der Waals surface area contributed by atoms with Crippen LogP contribution in [-0.4, -0.2) is 57.5 Å². The molecule has 2 fully saturated rings. The molecule has 0 spiro atoms. The van der Waals surface area contributed by atoms with Crippen LogP contribution in [0, 0.1) is 5.92 Å². The summed E-state index contributed by atoms with van der Waals surface area (Å²) in [6.45, 7) is 2.45. The summed E-state index contributed by atoms with van der Waals surface area (Å²) in [4.78, 5) is 26.8. The van der Waals surface area contributed by atoms with Gasteiger partial charge < -0.3 is 15.0 Å². The molecule has 2 aliphatic rings. The number of anilines is 1. The van der Waals surface area contributed by atoms with Crippen molar-refractivity contribution in [2.24, 2.45) is 5.92 Å². The smallest absolute Gasteiger partial charge is 0.240 e. The molecule has 2 atom stereocenters. The summed E-state index contributed by atoms with van der Waals surface area (Å²) in [5.41, 5.74) is 0.505. The topological polar surface area (TPSA) is 105 Å². The van der Waals surface area contributed by atoms with Crippen molar-refractivity contribution < 1.29 is 22.7 Å². The standard InChI is InChI=1S/C20H29N3O5S/c1-14(13-28-2)22-29(26,27)18-9-7-16(8-10-18)21-20(25)15-11-19(24)23(12-15)17-5-3-4-6-17/h7-10,14-15,17,22H,3-6,11-13H2,1-2H3,(H,21,25). The van der Waals surface area contributed by atoms with E-state index in [2.05, 4.69) is 10.0 Å². The number of sulfonamides is 1. The van der Waals surface area contributed by atoms with Gasteiger partial charge in [-0.3, -0.25) is 9.59 Å². The zero-order chi connectivity index (χ0) is 21.0. The highest BCUT2D eigenvalue weighted by Crippen LogP contribution is 2.30. The minimum Gasteiger partial charge on any atom is -0.383 e. The first kappa shape index (κ1) is 21.7. The quantitative estimate of drug-likeness (QED) is 0.663. The van der Waals surface area contributed by atoms with Gasteiger partial charge in [-0.2, -0.15) is 0 Å². The number of likely N-dealkylation sites (tertiary alicyclic amines) is 1. The van der Waals surface area contributed by atoms with E-state index in [-0.39, 0.29) is 47.7 Å². The highest BCUT2D eigenvalue weighted by Gasteiger charge is 2.38. The van der Waals surface area contributed by atoms with E-state index in [0.717, 1.165) is 25.7 Å². The van der Waals surface area contributed by atoms with Crippen molar-refractivity contribution in [2.75, 3.05) is 25.6 Å². The second-order valence-corrected chi connectivity index (χ2v) is 9.59. The lowest BCUT2D eigenvalue weighted by Gasteiger charge is -2.23. The summed E-state index contributed by atoms with van der Waals surface area (Å²) in [5, 5.41) is 2.80. The Hall–Kier alpha value is -1.97. The third-order valence-corrected chi connectivity index (χ3v) is 7.11. The molecule has 1 saturated carbocycles. The van der Waals surface area contributed by atoms with Gasteiger partial charge in [0.1, 0.15) is 0 Å². The Labute approximate surface area is 172 Å². The van der Waals surface area contributed by atoms with Crippen molar-refractivity contribution in [3.05, 3.63) is 24.3 Å². The minimum atomic E-state index is -3.66. The van der Waals surface area contributed by atoms with Gasteiger partial charge in [-0.05, 0) is 44.0 Å². The van der Waals surface area contributed by atoms with Gasteiger partial charge in [0.2, 0.25) is 21.8 Å². The number of benzene rings is 1. The van der Waals surface area contributed by atoms with Gasteiger partial charge in [0.25, 0.3) is 0 Å². The fourth-order valence-corrected chi connectivity index (χ4v) is 5.28. The van der Waals surface area contributed by atoms with E-state index >= 15 is 0 Å². The Kier molecular flexibility index (Phi) is 6.92. The van der Waals surface area contributed by atoms with E-state index in [1.807, 2.05) is 4.90 Å². The number of rotatable bonds is 8. The van der Waals surface area contributed by atoms with Crippen molar-refractivity contribution in [1.29, 1.82) is 0 Å². The summed E-state index contributed by atoms with van der Waals surface area (Å²) in [7, 11) is -2.15. The van der Waals surface area contributed by atoms with Crippen molar-refractivity contribution in [1.82, 2.24) is 9.62 Å². The molecule has 2 amide bonds. The predicted octanol–water partition coefficient (Wildman–Crippen LogP) is 1.73. The number of hydrogen-bond acceptors (Lipinski definition) is 5. The average Bonchev–Trinajstić information content (AvgIpc) is 3.31. The maximum atomic E-state index is 12.6. The van der Waals surface area contributed by atoms with Crippen LogP contribution in [0.4, 0.5) is 5.69 Å². The van der Waals surface area contributed by atoms with Gasteiger partial charge >= 0.3 is 0 Å². The molecule has 1 aliphatic carbocycles. The number of amides is 2. The maximum Gasteiger partial charge on any atom is 0.240 e. The molecule has 8 nitrogen and oxygen atoms in total. The van der Waals surface area contributed by atoms with Crippen molar-refractivity contribution >= 4 is 27.5 Å². The van der Waals surface area contributed by atoms with Gasteiger partial charge in [0.15, 0.2) is 0 Å². The lowest BCUT2D eigenvalue weighted by Crippen LogP contribution is -2.35. The first-order valence-corrected chi connectivity index (χ1v) is 11.5. The molecule has 2 unspecified atom stereocenters. The van der Waals surface area contributed by atoms with Crippen LogP contribution in [0.1, 0.15) is 39.0 Å². The second-order valence-electron chi connectivity index (χ2n) is 7.88. The molecule has 1 saturated heterocycles. The fourth-order valence-electron chi connectivity index (χ4n) is 4.05. The number of nitrogens with zero attached hydrogens (tertiary/aromatic N) is 1. The van der Waals surface area contributed by atoms with E-state index in [9.17, 15) is 18.0 Å². The van der Waals surface area contributed by atoms with Crippen LogP contribution in [0.15, 0.2) is 29.2 Å². The molecule has 29 heavy (non-hydrogen) atoms. The van der Waals surface area contributed by atoms with Crippen LogP contribution in [0.3, 0.4) is 0 Å². The van der Waals surface area contributed by atoms with Crippen LogP contribution in [-0.2, 0) is 24.3 Å². The Morgan fingerprint density at radius 2 is 1.90 bits per heavy atom.